The molecule has 2 aromatic heterocycles. The first-order valence-electron chi connectivity index (χ1n) is 18.8. The van der Waals surface area contributed by atoms with E-state index in [4.69, 9.17) is 4.42 Å². The van der Waals surface area contributed by atoms with Crippen molar-refractivity contribution in [3.8, 4) is 27.9 Å². The van der Waals surface area contributed by atoms with Crippen molar-refractivity contribution in [2.75, 3.05) is 4.90 Å². The minimum atomic E-state index is 0.899. The molecule has 0 bridgehead atoms. The molecule has 0 aliphatic rings. The zero-order valence-corrected chi connectivity index (χ0v) is 29.9. The molecule has 55 heavy (non-hydrogen) atoms. The molecule has 0 radical (unpaired) electrons. The molecule has 0 spiro atoms. The minimum Gasteiger partial charge on any atom is -0.455 e. The zero-order valence-electron chi connectivity index (χ0n) is 29.9. The summed E-state index contributed by atoms with van der Waals surface area (Å²) in [4.78, 5) is 2.37. The lowest BCUT2D eigenvalue weighted by atomic mass is 9.98. The Kier molecular flexibility index (Phi) is 7.17. The van der Waals surface area contributed by atoms with E-state index in [-0.39, 0.29) is 0 Å². The third-order valence-electron chi connectivity index (χ3n) is 11.0. The van der Waals surface area contributed by atoms with E-state index in [1.165, 1.54) is 38.3 Å². The molecule has 0 fully saturated rings. The fourth-order valence-corrected chi connectivity index (χ4v) is 8.42. The number of furan rings is 1. The van der Waals surface area contributed by atoms with Crippen molar-refractivity contribution in [3.05, 3.63) is 206 Å². The largest absolute Gasteiger partial charge is 0.455 e. The predicted molar refractivity (Wildman–Crippen MR) is 231 cm³/mol. The van der Waals surface area contributed by atoms with Gasteiger partial charge in [0, 0.05) is 49.7 Å². The van der Waals surface area contributed by atoms with E-state index < -0.39 is 0 Å². The van der Waals surface area contributed by atoms with Crippen molar-refractivity contribution in [2.45, 2.75) is 0 Å². The lowest BCUT2D eigenvalue weighted by Crippen LogP contribution is -2.10. The Hall–Kier alpha value is -7.36. The third-order valence-corrected chi connectivity index (χ3v) is 11.0. The quantitative estimate of drug-likeness (QED) is 0.172. The molecular weight excluding hydrogens is 669 g/mol. The van der Waals surface area contributed by atoms with Gasteiger partial charge in [-0.2, -0.15) is 0 Å². The van der Waals surface area contributed by atoms with Crippen LogP contribution in [0.4, 0.5) is 17.1 Å². The van der Waals surface area contributed by atoms with Crippen LogP contribution in [-0.4, -0.2) is 4.57 Å². The SMILES string of the molecule is c1ccc(-c2ccc(N(c3ccc(-c4cccc5oc6c7ccccc7ccc6c45)cc3)c3ccc4c(c3)c3ccccc3n4-c3ccccc3)cc2)cc1. The monoisotopic (exact) mass is 702 g/mol. The maximum atomic E-state index is 6.53. The highest BCUT2D eigenvalue weighted by Crippen LogP contribution is 2.43. The number of nitrogens with zero attached hydrogens (tertiary/aromatic N) is 2. The summed E-state index contributed by atoms with van der Waals surface area (Å²) in [5, 5.41) is 7.03. The van der Waals surface area contributed by atoms with E-state index in [0.29, 0.717) is 0 Å². The Labute approximate surface area is 318 Å². The molecule has 11 rings (SSSR count). The highest BCUT2D eigenvalue weighted by atomic mass is 16.3. The van der Waals surface area contributed by atoms with Crippen molar-refractivity contribution in [1.29, 1.82) is 0 Å². The van der Waals surface area contributed by atoms with Gasteiger partial charge in [-0.1, -0.05) is 133 Å². The van der Waals surface area contributed by atoms with Crippen LogP contribution in [0.25, 0.3) is 82.5 Å². The van der Waals surface area contributed by atoms with Gasteiger partial charge in [0.15, 0.2) is 0 Å². The van der Waals surface area contributed by atoms with Crippen LogP contribution >= 0.6 is 0 Å². The molecule has 11 aromatic rings. The molecule has 0 atom stereocenters. The molecule has 258 valence electrons. The summed E-state index contributed by atoms with van der Waals surface area (Å²) in [6.07, 6.45) is 0. The highest BCUT2D eigenvalue weighted by Gasteiger charge is 2.19. The average molecular weight is 703 g/mol. The van der Waals surface area contributed by atoms with Crippen molar-refractivity contribution < 1.29 is 4.42 Å². The van der Waals surface area contributed by atoms with Gasteiger partial charge >= 0.3 is 0 Å². The van der Waals surface area contributed by atoms with Crippen LogP contribution in [0.1, 0.15) is 0 Å². The number of rotatable bonds is 6. The van der Waals surface area contributed by atoms with Crippen molar-refractivity contribution in [1.82, 2.24) is 4.57 Å². The van der Waals surface area contributed by atoms with Crippen LogP contribution in [0.2, 0.25) is 0 Å². The smallest absolute Gasteiger partial charge is 0.143 e. The van der Waals surface area contributed by atoms with E-state index in [1.54, 1.807) is 0 Å². The predicted octanol–water partition coefficient (Wildman–Crippen LogP) is 14.6. The first-order valence-corrected chi connectivity index (χ1v) is 18.8. The Morgan fingerprint density at radius 2 is 1.00 bits per heavy atom. The van der Waals surface area contributed by atoms with Gasteiger partial charge in [0.1, 0.15) is 11.2 Å². The average Bonchev–Trinajstić information content (AvgIpc) is 3.81. The Morgan fingerprint density at radius 3 is 1.78 bits per heavy atom. The first kappa shape index (κ1) is 31.2. The second-order valence-electron chi connectivity index (χ2n) is 14.1. The van der Waals surface area contributed by atoms with Gasteiger partial charge < -0.3 is 13.9 Å². The topological polar surface area (TPSA) is 21.3 Å². The molecule has 0 saturated heterocycles. The van der Waals surface area contributed by atoms with Crippen LogP contribution in [-0.2, 0) is 0 Å². The minimum absolute atomic E-state index is 0.899. The second-order valence-corrected chi connectivity index (χ2v) is 14.1. The fraction of sp³-hybridized carbons (Fsp3) is 0. The number of fused-ring (bicyclic) bond motifs is 8. The van der Waals surface area contributed by atoms with Gasteiger partial charge in [-0.15, -0.1) is 0 Å². The lowest BCUT2D eigenvalue weighted by molar-refractivity contribution is 0.673. The summed E-state index contributed by atoms with van der Waals surface area (Å²) < 4.78 is 8.90. The molecule has 0 aliphatic heterocycles. The lowest BCUT2D eigenvalue weighted by Gasteiger charge is -2.26. The summed E-state index contributed by atoms with van der Waals surface area (Å²) >= 11 is 0. The second kappa shape index (κ2) is 12.6. The van der Waals surface area contributed by atoms with Crippen LogP contribution in [0.15, 0.2) is 211 Å². The van der Waals surface area contributed by atoms with E-state index in [0.717, 1.165) is 61.2 Å². The molecule has 3 heteroatoms. The van der Waals surface area contributed by atoms with E-state index >= 15 is 0 Å². The Morgan fingerprint density at radius 1 is 0.382 bits per heavy atom. The molecular formula is C52H34N2O. The molecule has 9 aromatic carbocycles. The maximum absolute atomic E-state index is 6.53. The molecule has 0 amide bonds. The number of benzene rings is 9. The van der Waals surface area contributed by atoms with Crippen LogP contribution < -0.4 is 4.90 Å². The number of aromatic nitrogens is 1. The summed E-state index contributed by atoms with van der Waals surface area (Å²) in [5.74, 6) is 0. The summed E-state index contributed by atoms with van der Waals surface area (Å²) in [6, 6.07) is 73.9. The molecule has 0 N–H and O–H groups in total. The number of para-hydroxylation sites is 2. The first-order chi connectivity index (χ1) is 27.3. The van der Waals surface area contributed by atoms with Gasteiger partial charge in [-0.25, -0.2) is 0 Å². The zero-order chi connectivity index (χ0) is 36.3. The Balaban J connectivity index is 1.06. The summed E-state index contributed by atoms with van der Waals surface area (Å²) in [6.45, 7) is 0. The van der Waals surface area contributed by atoms with Crippen LogP contribution in [0, 0.1) is 0 Å². The molecule has 3 nitrogen and oxygen atoms in total. The van der Waals surface area contributed by atoms with E-state index in [1.807, 2.05) is 0 Å². The highest BCUT2D eigenvalue weighted by molar-refractivity contribution is 6.19. The standard InChI is InChI=1S/C52H34N2O/c1-3-12-35(13-4-1)36-22-27-40(28-23-36)53(42-31-33-49-47(34-42)45-18-9-10-20-48(45)54(49)39-15-5-2-6-16-39)41-29-24-38(25-30-41)43-19-11-21-50-51(43)46-32-26-37-14-7-8-17-44(37)52(46)55-50/h1-34H. The van der Waals surface area contributed by atoms with Crippen molar-refractivity contribution >= 4 is 71.6 Å². The molecule has 0 saturated carbocycles. The fourth-order valence-electron chi connectivity index (χ4n) is 8.42. The maximum Gasteiger partial charge on any atom is 0.143 e. The molecule has 0 unspecified atom stereocenters. The van der Waals surface area contributed by atoms with Gasteiger partial charge in [-0.05, 0) is 100 Å². The Bertz CT molecular complexity index is 3180. The number of hydrogen-bond acceptors (Lipinski definition) is 2. The van der Waals surface area contributed by atoms with Crippen molar-refractivity contribution in [2.24, 2.45) is 0 Å². The summed E-state index contributed by atoms with van der Waals surface area (Å²) in [7, 11) is 0. The van der Waals surface area contributed by atoms with Crippen LogP contribution in [0.5, 0.6) is 0 Å². The van der Waals surface area contributed by atoms with Gasteiger partial charge in [0.05, 0.1) is 11.0 Å². The van der Waals surface area contributed by atoms with Crippen molar-refractivity contribution in [3.63, 3.8) is 0 Å². The van der Waals surface area contributed by atoms with Gasteiger partial charge in [0.25, 0.3) is 0 Å². The summed E-state index contributed by atoms with van der Waals surface area (Å²) in [5.41, 5.74) is 13.3. The van der Waals surface area contributed by atoms with Gasteiger partial charge in [0.2, 0.25) is 0 Å². The van der Waals surface area contributed by atoms with Crippen LogP contribution in [0.3, 0.4) is 0 Å². The van der Waals surface area contributed by atoms with E-state index in [2.05, 4.69) is 216 Å². The molecule has 0 aliphatic carbocycles. The normalized spacial score (nSPS) is 11.6. The third kappa shape index (κ3) is 5.13. The molecule has 2 heterocycles. The van der Waals surface area contributed by atoms with Gasteiger partial charge in [-0.3, -0.25) is 0 Å². The number of anilines is 3. The number of hydrogen-bond donors (Lipinski definition) is 0. The van der Waals surface area contributed by atoms with E-state index in [9.17, 15) is 0 Å².